The topological polar surface area (TPSA) is 83.0 Å². The van der Waals surface area contributed by atoms with Gasteiger partial charge in [-0.2, -0.15) is 5.10 Å². The summed E-state index contributed by atoms with van der Waals surface area (Å²) in [4.78, 5) is 18.9. The van der Waals surface area contributed by atoms with E-state index in [1.54, 1.807) is 12.3 Å². The highest BCUT2D eigenvalue weighted by atomic mass is 16.1. The van der Waals surface area contributed by atoms with Gasteiger partial charge in [-0.25, -0.2) is 4.98 Å². The number of carbonyl (C=O) groups is 1. The Kier molecular flexibility index (Phi) is 5.03. The van der Waals surface area contributed by atoms with Crippen molar-refractivity contribution in [3.05, 3.63) is 78.6 Å². The molecule has 144 valence electrons. The van der Waals surface area contributed by atoms with Crippen molar-refractivity contribution in [2.75, 3.05) is 29.6 Å². The minimum absolute atomic E-state index is 0.249. The molecule has 1 amide bonds. The molecule has 0 aliphatic rings. The summed E-state index contributed by atoms with van der Waals surface area (Å²) in [6, 6.07) is 20.6. The van der Waals surface area contributed by atoms with E-state index in [-0.39, 0.29) is 5.91 Å². The van der Waals surface area contributed by atoms with Crippen LogP contribution in [-0.2, 0) is 0 Å². The Balaban J connectivity index is 1.44. The van der Waals surface area contributed by atoms with E-state index in [0.717, 1.165) is 22.3 Å². The van der Waals surface area contributed by atoms with Crippen LogP contribution in [0.4, 0.5) is 22.9 Å². The largest absolute Gasteiger partial charge is 0.376 e. The standard InChI is InChI=1S/C22H20N6O/c1-28(2)18-13-21(27-23-14-18)24-16-8-10-17(11-9-16)25-22(29)20-12-7-15-5-3-4-6-19(15)26-20/h3-14H,1-2H3,(H,24,27)(H,25,29). The van der Waals surface area contributed by atoms with Gasteiger partial charge in [-0.15, -0.1) is 5.10 Å². The summed E-state index contributed by atoms with van der Waals surface area (Å²) in [6.45, 7) is 0. The van der Waals surface area contributed by atoms with Gasteiger partial charge in [0.2, 0.25) is 0 Å². The molecule has 0 aliphatic heterocycles. The molecule has 0 saturated carbocycles. The van der Waals surface area contributed by atoms with Crippen molar-refractivity contribution in [3.8, 4) is 0 Å². The van der Waals surface area contributed by atoms with Crippen molar-refractivity contribution in [3.63, 3.8) is 0 Å². The normalized spacial score (nSPS) is 10.6. The minimum atomic E-state index is -0.249. The fraction of sp³-hybridized carbons (Fsp3) is 0.0909. The zero-order valence-corrected chi connectivity index (χ0v) is 16.1. The number of hydrogen-bond donors (Lipinski definition) is 2. The zero-order valence-electron chi connectivity index (χ0n) is 16.1. The van der Waals surface area contributed by atoms with Crippen LogP contribution in [0.15, 0.2) is 72.9 Å². The summed E-state index contributed by atoms with van der Waals surface area (Å²) >= 11 is 0. The lowest BCUT2D eigenvalue weighted by molar-refractivity contribution is 0.102. The molecule has 2 aromatic heterocycles. The van der Waals surface area contributed by atoms with Crippen molar-refractivity contribution >= 4 is 39.7 Å². The van der Waals surface area contributed by atoms with Gasteiger partial charge in [-0.1, -0.05) is 24.3 Å². The van der Waals surface area contributed by atoms with Gasteiger partial charge in [0.25, 0.3) is 5.91 Å². The number of benzene rings is 2. The second-order valence-corrected chi connectivity index (χ2v) is 6.74. The molecule has 2 heterocycles. The molecule has 0 fully saturated rings. The Hall–Kier alpha value is -4.00. The first-order chi connectivity index (χ1) is 14.1. The number of hydrogen-bond acceptors (Lipinski definition) is 6. The Bertz CT molecular complexity index is 1160. The first-order valence-corrected chi connectivity index (χ1v) is 9.13. The molecule has 4 rings (SSSR count). The number of fused-ring (bicyclic) bond motifs is 1. The second-order valence-electron chi connectivity index (χ2n) is 6.74. The molecule has 0 spiro atoms. The summed E-state index contributed by atoms with van der Waals surface area (Å²) in [5.74, 6) is 0.398. The maximum absolute atomic E-state index is 12.5. The Morgan fingerprint density at radius 2 is 1.69 bits per heavy atom. The van der Waals surface area contributed by atoms with E-state index in [1.165, 1.54) is 0 Å². The molecular formula is C22H20N6O. The summed E-state index contributed by atoms with van der Waals surface area (Å²) in [5, 5.41) is 15.2. The molecule has 0 radical (unpaired) electrons. The van der Waals surface area contributed by atoms with Gasteiger partial charge >= 0.3 is 0 Å². The number of amides is 1. The Morgan fingerprint density at radius 3 is 2.48 bits per heavy atom. The van der Waals surface area contributed by atoms with E-state index in [4.69, 9.17) is 0 Å². The molecule has 0 atom stereocenters. The number of para-hydroxylation sites is 1. The van der Waals surface area contributed by atoms with Crippen LogP contribution in [0.5, 0.6) is 0 Å². The molecule has 7 nitrogen and oxygen atoms in total. The molecule has 2 N–H and O–H groups in total. The smallest absolute Gasteiger partial charge is 0.274 e. The van der Waals surface area contributed by atoms with Crippen LogP contribution in [0.3, 0.4) is 0 Å². The number of pyridine rings is 1. The third-order valence-electron chi connectivity index (χ3n) is 4.40. The highest BCUT2D eigenvalue weighted by molar-refractivity contribution is 6.04. The molecule has 7 heteroatoms. The average molecular weight is 384 g/mol. The van der Waals surface area contributed by atoms with E-state index in [2.05, 4.69) is 25.8 Å². The van der Waals surface area contributed by atoms with Crippen LogP contribution in [0, 0.1) is 0 Å². The number of anilines is 4. The number of aromatic nitrogens is 3. The van der Waals surface area contributed by atoms with Crippen LogP contribution in [0.2, 0.25) is 0 Å². The summed E-state index contributed by atoms with van der Waals surface area (Å²) < 4.78 is 0. The molecule has 0 aliphatic carbocycles. The number of rotatable bonds is 5. The zero-order chi connectivity index (χ0) is 20.2. The predicted octanol–water partition coefficient (Wildman–Crippen LogP) is 4.09. The van der Waals surface area contributed by atoms with Crippen LogP contribution in [0.1, 0.15) is 10.5 Å². The van der Waals surface area contributed by atoms with E-state index >= 15 is 0 Å². The molecule has 2 aromatic carbocycles. The van der Waals surface area contributed by atoms with Crippen molar-refractivity contribution in [2.45, 2.75) is 0 Å². The molecule has 0 bridgehead atoms. The van der Waals surface area contributed by atoms with Gasteiger partial charge < -0.3 is 15.5 Å². The van der Waals surface area contributed by atoms with Crippen molar-refractivity contribution in [1.82, 2.24) is 15.2 Å². The van der Waals surface area contributed by atoms with Crippen LogP contribution in [0.25, 0.3) is 10.9 Å². The third-order valence-corrected chi connectivity index (χ3v) is 4.40. The lowest BCUT2D eigenvalue weighted by Crippen LogP contribution is -2.13. The van der Waals surface area contributed by atoms with Gasteiger partial charge in [-0.05, 0) is 36.4 Å². The van der Waals surface area contributed by atoms with Crippen molar-refractivity contribution < 1.29 is 4.79 Å². The van der Waals surface area contributed by atoms with Crippen LogP contribution < -0.4 is 15.5 Å². The predicted molar refractivity (Wildman–Crippen MR) is 116 cm³/mol. The fourth-order valence-electron chi connectivity index (χ4n) is 2.83. The molecule has 0 saturated heterocycles. The fourth-order valence-corrected chi connectivity index (χ4v) is 2.83. The maximum atomic E-state index is 12.5. The first-order valence-electron chi connectivity index (χ1n) is 9.13. The third kappa shape index (κ3) is 4.30. The van der Waals surface area contributed by atoms with Crippen molar-refractivity contribution in [2.24, 2.45) is 0 Å². The summed E-state index contributed by atoms with van der Waals surface area (Å²) in [5.41, 5.74) is 3.65. The monoisotopic (exact) mass is 384 g/mol. The van der Waals surface area contributed by atoms with Crippen molar-refractivity contribution in [1.29, 1.82) is 0 Å². The SMILES string of the molecule is CN(C)c1cnnc(Nc2ccc(NC(=O)c3ccc4ccccc4n3)cc2)c1. The van der Waals surface area contributed by atoms with Gasteiger partial charge in [0.1, 0.15) is 5.69 Å². The highest BCUT2D eigenvalue weighted by Gasteiger charge is 2.09. The van der Waals surface area contributed by atoms with Gasteiger partial charge in [0.05, 0.1) is 17.4 Å². The lowest BCUT2D eigenvalue weighted by Gasteiger charge is -2.13. The molecular weight excluding hydrogens is 364 g/mol. The summed E-state index contributed by atoms with van der Waals surface area (Å²) in [7, 11) is 3.89. The van der Waals surface area contributed by atoms with E-state index < -0.39 is 0 Å². The van der Waals surface area contributed by atoms with Gasteiger partial charge in [0, 0.05) is 36.9 Å². The molecule has 29 heavy (non-hydrogen) atoms. The average Bonchev–Trinajstić information content (AvgIpc) is 2.75. The number of carbonyl (C=O) groups excluding carboxylic acids is 1. The quantitative estimate of drug-likeness (QED) is 0.539. The van der Waals surface area contributed by atoms with E-state index in [9.17, 15) is 4.79 Å². The minimum Gasteiger partial charge on any atom is -0.376 e. The molecule has 4 aromatic rings. The number of nitrogens with zero attached hydrogens (tertiary/aromatic N) is 4. The second kappa shape index (κ2) is 7.93. The summed E-state index contributed by atoms with van der Waals surface area (Å²) in [6.07, 6.45) is 1.70. The number of nitrogens with one attached hydrogen (secondary N) is 2. The van der Waals surface area contributed by atoms with E-state index in [0.29, 0.717) is 17.2 Å². The van der Waals surface area contributed by atoms with Gasteiger partial charge in [0.15, 0.2) is 5.82 Å². The maximum Gasteiger partial charge on any atom is 0.274 e. The Morgan fingerprint density at radius 1 is 0.931 bits per heavy atom. The van der Waals surface area contributed by atoms with E-state index in [1.807, 2.05) is 79.7 Å². The van der Waals surface area contributed by atoms with Crippen LogP contribution in [-0.4, -0.2) is 35.2 Å². The highest BCUT2D eigenvalue weighted by Crippen LogP contribution is 2.20. The van der Waals surface area contributed by atoms with Crippen LogP contribution >= 0.6 is 0 Å². The van der Waals surface area contributed by atoms with Gasteiger partial charge in [-0.3, -0.25) is 4.79 Å². The first kappa shape index (κ1) is 18.4. The lowest BCUT2D eigenvalue weighted by atomic mass is 10.2. The Labute approximate surface area is 168 Å². The molecule has 0 unspecified atom stereocenters.